The molecule has 0 atom stereocenters. The number of hydrogen-bond donors (Lipinski definition) is 1. The van der Waals surface area contributed by atoms with E-state index in [9.17, 15) is 0 Å². The second-order valence-electron chi connectivity index (χ2n) is 4.10. The number of nitrogens with zero attached hydrogens (tertiary/aromatic N) is 3. The Kier molecular flexibility index (Phi) is 3.33. The van der Waals surface area contributed by atoms with Crippen LogP contribution in [0.2, 0.25) is 5.15 Å². The third kappa shape index (κ3) is 2.77. The van der Waals surface area contributed by atoms with Crippen molar-refractivity contribution in [3.05, 3.63) is 40.4 Å². The van der Waals surface area contributed by atoms with Crippen LogP contribution in [-0.2, 0) is 13.6 Å². The van der Waals surface area contributed by atoms with E-state index in [-0.39, 0.29) is 0 Å². The van der Waals surface area contributed by atoms with Crippen molar-refractivity contribution in [2.75, 3.05) is 5.32 Å². The summed E-state index contributed by atoms with van der Waals surface area (Å²) in [5.74, 6) is 0. The maximum absolute atomic E-state index is 5.87. The highest BCUT2D eigenvalue weighted by Crippen LogP contribution is 2.17. The summed E-state index contributed by atoms with van der Waals surface area (Å²) in [5, 5.41) is 8.15. The zero-order chi connectivity index (χ0) is 12.4. The molecule has 0 saturated carbocycles. The van der Waals surface area contributed by atoms with Crippen molar-refractivity contribution in [2.24, 2.45) is 7.05 Å². The average Bonchev–Trinajstić information content (AvgIpc) is 2.59. The lowest BCUT2D eigenvalue weighted by atomic mass is 10.2. The average molecular weight is 251 g/mol. The number of halogens is 1. The minimum atomic E-state index is 0.549. The van der Waals surface area contributed by atoms with E-state index in [1.807, 2.05) is 37.8 Å². The van der Waals surface area contributed by atoms with E-state index in [0.717, 1.165) is 23.5 Å². The van der Waals surface area contributed by atoms with Crippen molar-refractivity contribution in [2.45, 2.75) is 20.4 Å². The van der Waals surface area contributed by atoms with Gasteiger partial charge in [-0.3, -0.25) is 4.68 Å². The molecule has 0 spiro atoms. The summed E-state index contributed by atoms with van der Waals surface area (Å²) in [4.78, 5) is 4.10. The van der Waals surface area contributed by atoms with Crippen molar-refractivity contribution in [1.29, 1.82) is 0 Å². The van der Waals surface area contributed by atoms with Gasteiger partial charge >= 0.3 is 0 Å². The van der Waals surface area contributed by atoms with Crippen LogP contribution in [0.1, 0.15) is 16.8 Å². The van der Waals surface area contributed by atoms with Crippen LogP contribution in [0.4, 0.5) is 5.69 Å². The Balaban J connectivity index is 2.07. The number of pyridine rings is 1. The number of aryl methyl sites for hydroxylation is 3. The summed E-state index contributed by atoms with van der Waals surface area (Å²) in [6.45, 7) is 4.68. The van der Waals surface area contributed by atoms with Crippen LogP contribution in [-0.4, -0.2) is 14.8 Å². The van der Waals surface area contributed by atoms with Crippen molar-refractivity contribution < 1.29 is 0 Å². The molecule has 0 bridgehead atoms. The molecular weight excluding hydrogens is 236 g/mol. The number of hydrogen-bond acceptors (Lipinski definition) is 3. The molecule has 0 aromatic carbocycles. The first-order valence-corrected chi connectivity index (χ1v) is 5.79. The standard InChI is InChI=1S/C12H15ClN4/c1-8-4-11(6-15-12(8)13)14-5-10-7-17(3)16-9(10)2/h4,6-7,14H,5H2,1-3H3. The molecule has 5 heteroatoms. The van der Waals surface area contributed by atoms with Crippen LogP contribution >= 0.6 is 11.6 Å². The summed E-state index contributed by atoms with van der Waals surface area (Å²) >= 11 is 5.87. The molecule has 4 nitrogen and oxygen atoms in total. The molecule has 2 aromatic heterocycles. The first-order chi connectivity index (χ1) is 8.06. The van der Waals surface area contributed by atoms with Gasteiger partial charge in [0.15, 0.2) is 0 Å². The molecule has 0 saturated heterocycles. The summed E-state index contributed by atoms with van der Waals surface area (Å²) < 4.78 is 1.82. The first-order valence-electron chi connectivity index (χ1n) is 5.41. The number of rotatable bonds is 3. The van der Waals surface area contributed by atoms with Gasteiger partial charge in [-0.2, -0.15) is 5.10 Å². The number of anilines is 1. The van der Waals surface area contributed by atoms with Gasteiger partial charge in [0.2, 0.25) is 0 Å². The Morgan fingerprint density at radius 1 is 1.41 bits per heavy atom. The predicted molar refractivity (Wildman–Crippen MR) is 69.3 cm³/mol. The molecule has 0 amide bonds. The van der Waals surface area contributed by atoms with Crippen molar-refractivity contribution in [3.8, 4) is 0 Å². The van der Waals surface area contributed by atoms with E-state index in [4.69, 9.17) is 11.6 Å². The van der Waals surface area contributed by atoms with Gasteiger partial charge in [-0.15, -0.1) is 0 Å². The highest BCUT2D eigenvalue weighted by molar-refractivity contribution is 6.30. The number of aromatic nitrogens is 3. The smallest absolute Gasteiger partial charge is 0.132 e. The largest absolute Gasteiger partial charge is 0.380 e. The van der Waals surface area contributed by atoms with Crippen LogP contribution in [0.5, 0.6) is 0 Å². The highest BCUT2D eigenvalue weighted by atomic mass is 35.5. The SMILES string of the molecule is Cc1cc(NCc2cn(C)nc2C)cnc1Cl. The van der Waals surface area contributed by atoms with Gasteiger partial charge in [-0.1, -0.05) is 11.6 Å². The van der Waals surface area contributed by atoms with Gasteiger partial charge in [-0.25, -0.2) is 4.98 Å². The second-order valence-corrected chi connectivity index (χ2v) is 4.46. The molecule has 0 aliphatic heterocycles. The fourth-order valence-corrected chi connectivity index (χ4v) is 1.78. The molecule has 2 heterocycles. The van der Waals surface area contributed by atoms with Crippen molar-refractivity contribution >= 4 is 17.3 Å². The molecule has 2 rings (SSSR count). The van der Waals surface area contributed by atoms with E-state index in [1.54, 1.807) is 6.20 Å². The fourth-order valence-electron chi connectivity index (χ4n) is 1.67. The molecular formula is C12H15ClN4. The maximum atomic E-state index is 5.87. The van der Waals surface area contributed by atoms with E-state index < -0.39 is 0 Å². The van der Waals surface area contributed by atoms with Crippen molar-refractivity contribution in [3.63, 3.8) is 0 Å². The molecule has 0 radical (unpaired) electrons. The molecule has 0 unspecified atom stereocenters. The topological polar surface area (TPSA) is 42.7 Å². The van der Waals surface area contributed by atoms with Crippen LogP contribution in [0.3, 0.4) is 0 Å². The van der Waals surface area contributed by atoms with Gasteiger partial charge in [-0.05, 0) is 25.5 Å². The lowest BCUT2D eigenvalue weighted by molar-refractivity contribution is 0.756. The molecule has 0 aliphatic carbocycles. The fraction of sp³-hybridized carbons (Fsp3) is 0.333. The molecule has 2 aromatic rings. The van der Waals surface area contributed by atoms with E-state index in [2.05, 4.69) is 15.4 Å². The molecule has 1 N–H and O–H groups in total. The zero-order valence-corrected chi connectivity index (χ0v) is 10.9. The van der Waals surface area contributed by atoms with Gasteiger partial charge in [0.1, 0.15) is 5.15 Å². The Bertz CT molecular complexity index is 533. The van der Waals surface area contributed by atoms with E-state index >= 15 is 0 Å². The zero-order valence-electron chi connectivity index (χ0n) is 10.2. The van der Waals surface area contributed by atoms with Crippen molar-refractivity contribution in [1.82, 2.24) is 14.8 Å². The van der Waals surface area contributed by atoms with Crippen LogP contribution in [0, 0.1) is 13.8 Å². The van der Waals surface area contributed by atoms with Crippen LogP contribution < -0.4 is 5.32 Å². The third-order valence-corrected chi connectivity index (χ3v) is 3.01. The van der Waals surface area contributed by atoms with Crippen LogP contribution in [0.15, 0.2) is 18.5 Å². The van der Waals surface area contributed by atoms with E-state index in [1.165, 1.54) is 5.56 Å². The Morgan fingerprint density at radius 2 is 2.18 bits per heavy atom. The van der Waals surface area contributed by atoms with Gasteiger partial charge < -0.3 is 5.32 Å². The summed E-state index contributed by atoms with van der Waals surface area (Å²) in [6, 6.07) is 1.99. The summed E-state index contributed by atoms with van der Waals surface area (Å²) in [7, 11) is 1.92. The third-order valence-electron chi connectivity index (χ3n) is 2.61. The summed E-state index contributed by atoms with van der Waals surface area (Å²) in [6.07, 6.45) is 3.75. The Morgan fingerprint density at radius 3 is 2.76 bits per heavy atom. The Hall–Kier alpha value is -1.55. The van der Waals surface area contributed by atoms with Gasteiger partial charge in [0.25, 0.3) is 0 Å². The molecule has 17 heavy (non-hydrogen) atoms. The minimum Gasteiger partial charge on any atom is -0.380 e. The summed E-state index contributed by atoms with van der Waals surface area (Å²) in [5.41, 5.74) is 4.16. The lowest BCUT2D eigenvalue weighted by Gasteiger charge is -2.06. The lowest BCUT2D eigenvalue weighted by Crippen LogP contribution is -2.00. The minimum absolute atomic E-state index is 0.549. The monoisotopic (exact) mass is 250 g/mol. The molecule has 0 fully saturated rings. The van der Waals surface area contributed by atoms with E-state index in [0.29, 0.717) is 5.15 Å². The number of nitrogens with one attached hydrogen (secondary N) is 1. The Labute approximate surface area is 106 Å². The quantitative estimate of drug-likeness (QED) is 0.852. The highest BCUT2D eigenvalue weighted by Gasteiger charge is 2.03. The molecule has 0 aliphatic rings. The first kappa shape index (κ1) is 11.9. The van der Waals surface area contributed by atoms with Gasteiger partial charge in [0, 0.05) is 25.4 Å². The molecule has 90 valence electrons. The normalized spacial score (nSPS) is 10.6. The maximum Gasteiger partial charge on any atom is 0.132 e. The van der Waals surface area contributed by atoms with Gasteiger partial charge in [0.05, 0.1) is 17.6 Å². The van der Waals surface area contributed by atoms with Crippen LogP contribution in [0.25, 0.3) is 0 Å². The predicted octanol–water partition coefficient (Wildman–Crippen LogP) is 2.70. The second kappa shape index (κ2) is 4.75.